The zero-order chi connectivity index (χ0) is 26.1. The van der Waals surface area contributed by atoms with Crippen molar-refractivity contribution < 1.29 is 35.8 Å². The molecule has 0 radical (unpaired) electrons. The molecule has 1 saturated heterocycles. The van der Waals surface area contributed by atoms with Gasteiger partial charge in [-0.1, -0.05) is 0 Å². The molecule has 0 unspecified atom stereocenters. The summed E-state index contributed by atoms with van der Waals surface area (Å²) >= 11 is 0. The van der Waals surface area contributed by atoms with Gasteiger partial charge in [0.1, 0.15) is 25.0 Å². The number of rotatable bonds is 8. The molecule has 0 spiro atoms. The molecule has 0 aliphatic carbocycles. The summed E-state index contributed by atoms with van der Waals surface area (Å²) in [5.41, 5.74) is 0.340. The van der Waals surface area contributed by atoms with Gasteiger partial charge in [0.2, 0.25) is 26.0 Å². The lowest BCUT2D eigenvalue weighted by Gasteiger charge is -2.29. The fraction of sp³-hybridized carbons (Fsp3) is 0.435. The second-order valence-corrected chi connectivity index (χ2v) is 12.3. The lowest BCUT2D eigenvalue weighted by atomic mass is 10.2. The number of fused-ring (bicyclic) bond motifs is 1. The van der Waals surface area contributed by atoms with Gasteiger partial charge in [0.05, 0.1) is 29.6 Å². The number of carbonyl (C=O) groups is 1. The van der Waals surface area contributed by atoms with E-state index in [0.717, 1.165) is 23.4 Å². The van der Waals surface area contributed by atoms with Crippen LogP contribution in [-0.2, 0) is 24.8 Å². The number of methoxy groups -OCH3 is 1. The highest BCUT2D eigenvalue weighted by molar-refractivity contribution is 7.92. The van der Waals surface area contributed by atoms with Crippen LogP contribution in [0.4, 0.5) is 11.4 Å². The maximum Gasteiger partial charge on any atom is 0.248 e. The summed E-state index contributed by atoms with van der Waals surface area (Å²) in [6, 6.07) is 7.63. The highest BCUT2D eigenvalue weighted by atomic mass is 32.2. The average Bonchev–Trinajstić information content (AvgIpc) is 3.39. The summed E-state index contributed by atoms with van der Waals surface area (Å²) < 4.78 is 70.2. The molecule has 2 aliphatic rings. The van der Waals surface area contributed by atoms with Crippen molar-refractivity contribution in [3.63, 3.8) is 0 Å². The lowest BCUT2D eigenvalue weighted by Crippen LogP contribution is -2.45. The van der Waals surface area contributed by atoms with E-state index in [1.165, 1.54) is 48.7 Å². The zero-order valence-electron chi connectivity index (χ0n) is 20.3. The molecule has 13 heteroatoms. The van der Waals surface area contributed by atoms with Crippen LogP contribution in [0, 0.1) is 0 Å². The van der Waals surface area contributed by atoms with Gasteiger partial charge >= 0.3 is 0 Å². The highest BCUT2D eigenvalue weighted by Gasteiger charge is 2.32. The molecule has 2 heterocycles. The summed E-state index contributed by atoms with van der Waals surface area (Å²) in [5.74, 6) is 0.420. The van der Waals surface area contributed by atoms with Crippen LogP contribution in [0.25, 0.3) is 0 Å². The summed E-state index contributed by atoms with van der Waals surface area (Å²) in [4.78, 5) is 13.3. The predicted molar refractivity (Wildman–Crippen MR) is 134 cm³/mol. The minimum absolute atomic E-state index is 0.0139. The van der Waals surface area contributed by atoms with Crippen LogP contribution in [0.5, 0.6) is 17.2 Å². The van der Waals surface area contributed by atoms with Crippen molar-refractivity contribution in [2.24, 2.45) is 0 Å². The van der Waals surface area contributed by atoms with Crippen LogP contribution in [0.2, 0.25) is 0 Å². The summed E-state index contributed by atoms with van der Waals surface area (Å²) in [7, 11) is -6.25. The fourth-order valence-electron chi connectivity index (χ4n) is 4.24. The molecule has 2 aromatic carbocycles. The number of nitrogens with zero attached hydrogens (tertiary/aromatic N) is 2. The Morgan fingerprint density at radius 2 is 1.69 bits per heavy atom. The number of nitrogens with one attached hydrogen (secondary N) is 1. The second kappa shape index (κ2) is 10.1. The maximum absolute atomic E-state index is 13.3. The molecule has 4 rings (SSSR count). The van der Waals surface area contributed by atoms with Crippen molar-refractivity contribution in [2.45, 2.75) is 30.7 Å². The number of hydrogen-bond donors (Lipinski definition) is 1. The van der Waals surface area contributed by atoms with Crippen LogP contribution in [0.15, 0.2) is 41.3 Å². The van der Waals surface area contributed by atoms with Crippen molar-refractivity contribution in [1.29, 1.82) is 0 Å². The third-order valence-electron chi connectivity index (χ3n) is 6.00. The van der Waals surface area contributed by atoms with Gasteiger partial charge in [-0.15, -0.1) is 0 Å². The normalized spacial score (nSPS) is 16.9. The molecule has 1 atom stereocenters. The molecule has 0 bridgehead atoms. The van der Waals surface area contributed by atoms with Crippen LogP contribution < -0.4 is 23.8 Å². The Bertz CT molecular complexity index is 1360. The van der Waals surface area contributed by atoms with Crippen LogP contribution in [0.1, 0.15) is 19.8 Å². The first kappa shape index (κ1) is 26.0. The maximum atomic E-state index is 13.3. The Balaban J connectivity index is 1.63. The van der Waals surface area contributed by atoms with Gasteiger partial charge in [-0.25, -0.2) is 16.8 Å². The third-order valence-corrected chi connectivity index (χ3v) is 9.14. The molecule has 1 N–H and O–H groups in total. The van der Waals surface area contributed by atoms with E-state index in [9.17, 15) is 21.6 Å². The number of amides is 1. The van der Waals surface area contributed by atoms with Crippen LogP contribution >= 0.6 is 0 Å². The average molecular weight is 540 g/mol. The van der Waals surface area contributed by atoms with Gasteiger partial charge in [-0.2, -0.15) is 4.31 Å². The Hall–Kier alpha value is -3.03. The minimum atomic E-state index is -3.90. The van der Waals surface area contributed by atoms with Gasteiger partial charge in [0.15, 0.2) is 11.5 Å². The third kappa shape index (κ3) is 5.22. The van der Waals surface area contributed by atoms with E-state index in [4.69, 9.17) is 14.2 Å². The second-order valence-electron chi connectivity index (χ2n) is 8.53. The number of sulfonamides is 2. The number of anilines is 2. The Morgan fingerprint density at radius 1 is 1.03 bits per heavy atom. The van der Waals surface area contributed by atoms with E-state index >= 15 is 0 Å². The van der Waals surface area contributed by atoms with E-state index in [2.05, 4.69) is 5.32 Å². The highest BCUT2D eigenvalue weighted by Crippen LogP contribution is 2.36. The van der Waals surface area contributed by atoms with Gasteiger partial charge in [-0.3, -0.25) is 9.10 Å². The summed E-state index contributed by atoms with van der Waals surface area (Å²) in [6.07, 6.45) is 2.58. The Labute approximate surface area is 211 Å². The Kier molecular flexibility index (Phi) is 7.34. The topological polar surface area (TPSA) is 132 Å². The van der Waals surface area contributed by atoms with Crippen LogP contribution in [0.3, 0.4) is 0 Å². The Morgan fingerprint density at radius 3 is 2.33 bits per heavy atom. The molecule has 0 saturated carbocycles. The monoisotopic (exact) mass is 539 g/mol. The first-order valence-electron chi connectivity index (χ1n) is 11.4. The molecule has 1 amide bonds. The molecule has 2 aliphatic heterocycles. The molecule has 11 nitrogen and oxygen atoms in total. The first-order valence-corrected chi connectivity index (χ1v) is 14.7. The largest absolute Gasteiger partial charge is 0.495 e. The molecule has 196 valence electrons. The van der Waals surface area contributed by atoms with E-state index in [1.54, 1.807) is 6.07 Å². The molecular formula is C23H29N3O8S2. The lowest BCUT2D eigenvalue weighted by molar-refractivity contribution is -0.116. The van der Waals surface area contributed by atoms with Gasteiger partial charge in [0.25, 0.3) is 0 Å². The minimum Gasteiger partial charge on any atom is -0.495 e. The van der Waals surface area contributed by atoms with Gasteiger partial charge in [-0.05, 0) is 50.1 Å². The van der Waals surface area contributed by atoms with Crippen LogP contribution in [-0.4, -0.2) is 72.8 Å². The molecule has 2 aromatic rings. The van der Waals surface area contributed by atoms with E-state index in [1.807, 2.05) is 0 Å². The number of benzene rings is 2. The summed E-state index contributed by atoms with van der Waals surface area (Å²) in [6.45, 7) is 3.01. The summed E-state index contributed by atoms with van der Waals surface area (Å²) in [5, 5.41) is 2.64. The smallest absolute Gasteiger partial charge is 0.248 e. The molecule has 1 fully saturated rings. The molecular weight excluding hydrogens is 510 g/mol. The fourth-order valence-corrected chi connectivity index (χ4v) is 6.95. The number of ether oxygens (including phenoxy) is 3. The van der Waals surface area contributed by atoms with Gasteiger partial charge < -0.3 is 19.5 Å². The van der Waals surface area contributed by atoms with E-state index in [-0.39, 0.29) is 22.0 Å². The van der Waals surface area contributed by atoms with Crippen molar-refractivity contribution in [2.75, 3.05) is 49.3 Å². The standard InChI is InChI=1S/C23H29N3O8S2/c1-16(26(35(3,28)29)17-6-8-21-22(14-17)34-13-12-33-21)23(27)24-19-15-18(7-9-20(19)32-2)36(30,31)25-10-4-5-11-25/h6-9,14-16H,4-5,10-13H2,1-3H3,(H,24,27)/t16-/m1/s1. The first-order chi connectivity index (χ1) is 17.0. The van der Waals surface area contributed by atoms with E-state index in [0.29, 0.717) is 37.8 Å². The quantitative estimate of drug-likeness (QED) is 0.539. The zero-order valence-corrected chi connectivity index (χ0v) is 21.9. The number of hydrogen-bond acceptors (Lipinski definition) is 8. The van der Waals surface area contributed by atoms with Gasteiger partial charge in [0, 0.05) is 19.2 Å². The van der Waals surface area contributed by atoms with Crippen molar-refractivity contribution in [1.82, 2.24) is 4.31 Å². The molecule has 36 heavy (non-hydrogen) atoms. The SMILES string of the molecule is COc1ccc(S(=O)(=O)N2CCCC2)cc1NC(=O)[C@@H](C)N(c1ccc2c(c1)OCCO2)S(C)(=O)=O. The van der Waals surface area contributed by atoms with Crippen molar-refractivity contribution >= 4 is 37.3 Å². The van der Waals surface area contributed by atoms with Crippen molar-refractivity contribution in [3.05, 3.63) is 36.4 Å². The molecule has 0 aromatic heterocycles. The number of carbonyl (C=O) groups excluding carboxylic acids is 1. The van der Waals surface area contributed by atoms with E-state index < -0.39 is 32.0 Å². The predicted octanol–water partition coefficient (Wildman–Crippen LogP) is 2.04. The van der Waals surface area contributed by atoms with Crippen molar-refractivity contribution in [3.8, 4) is 17.2 Å².